The Hall–Kier alpha value is -2.60. The Balaban J connectivity index is 1.71. The number of carbonyl (C=O) groups is 1. The molecule has 0 saturated heterocycles. The molecule has 3 aromatic rings. The van der Waals surface area contributed by atoms with Gasteiger partial charge in [-0.1, -0.05) is 31.5 Å². The predicted octanol–water partition coefficient (Wildman–Crippen LogP) is 3.67. The molecule has 1 amide bonds. The summed E-state index contributed by atoms with van der Waals surface area (Å²) in [7, 11) is 0. The van der Waals surface area contributed by atoms with Crippen LogP contribution in [-0.2, 0) is 6.54 Å². The van der Waals surface area contributed by atoms with Crippen molar-refractivity contribution in [1.29, 1.82) is 0 Å². The van der Waals surface area contributed by atoms with Crippen molar-refractivity contribution in [2.75, 3.05) is 6.54 Å². The molecule has 7 heteroatoms. The maximum absolute atomic E-state index is 12.6. The molecular formula is C19H22ClN5O. The van der Waals surface area contributed by atoms with Crippen molar-refractivity contribution in [2.45, 2.75) is 32.7 Å². The van der Waals surface area contributed by atoms with Gasteiger partial charge < -0.3 is 9.88 Å². The van der Waals surface area contributed by atoms with Gasteiger partial charge in [0.1, 0.15) is 0 Å². The Kier molecular flexibility index (Phi) is 5.73. The van der Waals surface area contributed by atoms with E-state index in [0.29, 0.717) is 17.1 Å². The van der Waals surface area contributed by atoms with E-state index in [4.69, 9.17) is 11.6 Å². The minimum Gasteiger partial charge on any atom is -0.352 e. The number of carbonyl (C=O) groups excluding carboxylic acids is 1. The molecule has 0 unspecified atom stereocenters. The summed E-state index contributed by atoms with van der Waals surface area (Å²) >= 11 is 6.10. The second-order valence-electron chi connectivity index (χ2n) is 6.40. The minimum absolute atomic E-state index is 0.104. The van der Waals surface area contributed by atoms with Crippen LogP contribution in [0.2, 0.25) is 5.02 Å². The van der Waals surface area contributed by atoms with E-state index in [2.05, 4.69) is 15.4 Å². The van der Waals surface area contributed by atoms with Gasteiger partial charge in [0, 0.05) is 30.5 Å². The van der Waals surface area contributed by atoms with Crippen molar-refractivity contribution in [3.8, 4) is 5.69 Å². The zero-order chi connectivity index (χ0) is 18.5. The van der Waals surface area contributed by atoms with E-state index in [1.165, 1.54) is 0 Å². The Labute approximate surface area is 157 Å². The molecule has 0 radical (unpaired) electrons. The van der Waals surface area contributed by atoms with Crippen LogP contribution in [0.1, 0.15) is 42.2 Å². The van der Waals surface area contributed by atoms with Crippen LogP contribution in [0.5, 0.6) is 0 Å². The zero-order valence-corrected chi connectivity index (χ0v) is 15.6. The van der Waals surface area contributed by atoms with E-state index in [0.717, 1.165) is 24.3 Å². The van der Waals surface area contributed by atoms with E-state index in [-0.39, 0.29) is 11.8 Å². The first-order valence-electron chi connectivity index (χ1n) is 8.64. The number of nitrogens with one attached hydrogen (secondary N) is 1. The molecule has 0 saturated carbocycles. The molecule has 3 rings (SSSR count). The lowest BCUT2D eigenvalue weighted by Gasteiger charge is -2.13. The lowest BCUT2D eigenvalue weighted by atomic mass is 10.0. The molecule has 0 bridgehead atoms. The maximum Gasteiger partial charge on any atom is 0.254 e. The molecule has 0 spiro atoms. The van der Waals surface area contributed by atoms with Gasteiger partial charge in [0.25, 0.3) is 5.91 Å². The number of amides is 1. The molecule has 136 valence electrons. The van der Waals surface area contributed by atoms with Gasteiger partial charge in [-0.25, -0.2) is 9.67 Å². The van der Waals surface area contributed by atoms with Crippen LogP contribution in [0, 0.1) is 0 Å². The minimum atomic E-state index is -0.104. The summed E-state index contributed by atoms with van der Waals surface area (Å²) < 4.78 is 3.78. The smallest absolute Gasteiger partial charge is 0.254 e. The van der Waals surface area contributed by atoms with Crippen LogP contribution in [0.25, 0.3) is 5.69 Å². The van der Waals surface area contributed by atoms with Crippen molar-refractivity contribution in [1.82, 2.24) is 24.6 Å². The Morgan fingerprint density at radius 2 is 2.19 bits per heavy atom. The highest BCUT2D eigenvalue weighted by Gasteiger charge is 2.20. The van der Waals surface area contributed by atoms with Crippen LogP contribution in [0.15, 0.2) is 49.2 Å². The largest absolute Gasteiger partial charge is 0.352 e. The summed E-state index contributed by atoms with van der Waals surface area (Å²) in [5, 5.41) is 8.04. The summed E-state index contributed by atoms with van der Waals surface area (Å²) in [6.45, 7) is 5.51. The quantitative estimate of drug-likeness (QED) is 0.644. The summed E-state index contributed by atoms with van der Waals surface area (Å²) in [5.41, 5.74) is 2.32. The average Bonchev–Trinajstić information content (AvgIpc) is 3.28. The molecule has 0 atom stereocenters. The van der Waals surface area contributed by atoms with Crippen molar-refractivity contribution in [2.24, 2.45) is 0 Å². The Morgan fingerprint density at radius 1 is 1.35 bits per heavy atom. The molecule has 1 aromatic carbocycles. The number of hydrogen-bond donors (Lipinski definition) is 1. The van der Waals surface area contributed by atoms with Gasteiger partial charge in [0.2, 0.25) is 0 Å². The maximum atomic E-state index is 12.6. The number of benzene rings is 1. The average molecular weight is 372 g/mol. The molecule has 2 heterocycles. The fourth-order valence-electron chi connectivity index (χ4n) is 2.88. The predicted molar refractivity (Wildman–Crippen MR) is 102 cm³/mol. The summed E-state index contributed by atoms with van der Waals surface area (Å²) in [5.74, 6) is 0.0378. The second kappa shape index (κ2) is 8.19. The molecule has 0 aliphatic heterocycles. The van der Waals surface area contributed by atoms with Crippen molar-refractivity contribution in [3.05, 3.63) is 65.5 Å². The fraction of sp³-hybridized carbons (Fsp3) is 0.316. The fourth-order valence-corrected chi connectivity index (χ4v) is 3.06. The van der Waals surface area contributed by atoms with Crippen LogP contribution in [0.4, 0.5) is 0 Å². The van der Waals surface area contributed by atoms with Gasteiger partial charge in [0.15, 0.2) is 0 Å². The molecule has 0 aliphatic rings. The second-order valence-corrected chi connectivity index (χ2v) is 6.84. The van der Waals surface area contributed by atoms with E-state index >= 15 is 0 Å². The first-order chi connectivity index (χ1) is 12.6. The number of aromatic nitrogens is 4. The highest BCUT2D eigenvalue weighted by molar-refractivity contribution is 6.30. The van der Waals surface area contributed by atoms with E-state index in [9.17, 15) is 4.79 Å². The van der Waals surface area contributed by atoms with Gasteiger partial charge in [-0.15, -0.1) is 0 Å². The first-order valence-corrected chi connectivity index (χ1v) is 9.02. The van der Waals surface area contributed by atoms with Crippen LogP contribution < -0.4 is 5.32 Å². The standard InChI is InChI=1S/C19H22ClN5O/c1-14(2)18-17(12-23-25(18)16-6-3-5-15(20)11-16)19(26)22-7-4-9-24-10-8-21-13-24/h3,5-6,8,10-14H,4,7,9H2,1-2H3,(H,22,26). The van der Waals surface area contributed by atoms with Gasteiger partial charge in [-0.3, -0.25) is 4.79 Å². The number of imidazole rings is 1. The van der Waals surface area contributed by atoms with Gasteiger partial charge in [-0.2, -0.15) is 5.10 Å². The normalized spacial score (nSPS) is 11.1. The van der Waals surface area contributed by atoms with E-state index in [1.807, 2.05) is 48.9 Å². The van der Waals surface area contributed by atoms with E-state index < -0.39 is 0 Å². The highest BCUT2D eigenvalue weighted by Crippen LogP contribution is 2.24. The molecule has 0 fully saturated rings. The third kappa shape index (κ3) is 4.14. The van der Waals surface area contributed by atoms with Gasteiger partial charge in [-0.05, 0) is 30.5 Å². The molecular weight excluding hydrogens is 350 g/mol. The Bertz CT molecular complexity index is 870. The lowest BCUT2D eigenvalue weighted by molar-refractivity contribution is 0.0951. The molecule has 2 aromatic heterocycles. The third-order valence-corrected chi connectivity index (χ3v) is 4.32. The summed E-state index contributed by atoms with van der Waals surface area (Å²) in [6, 6.07) is 7.46. The number of aryl methyl sites for hydroxylation is 1. The number of hydrogen-bond acceptors (Lipinski definition) is 3. The van der Waals surface area contributed by atoms with E-state index in [1.54, 1.807) is 23.4 Å². The molecule has 6 nitrogen and oxygen atoms in total. The monoisotopic (exact) mass is 371 g/mol. The summed E-state index contributed by atoms with van der Waals surface area (Å²) in [6.07, 6.45) is 7.89. The Morgan fingerprint density at radius 3 is 2.88 bits per heavy atom. The molecule has 1 N–H and O–H groups in total. The highest BCUT2D eigenvalue weighted by atomic mass is 35.5. The number of rotatable bonds is 7. The summed E-state index contributed by atoms with van der Waals surface area (Å²) in [4.78, 5) is 16.6. The lowest BCUT2D eigenvalue weighted by Crippen LogP contribution is -2.26. The zero-order valence-electron chi connectivity index (χ0n) is 14.9. The van der Waals surface area contributed by atoms with Crippen LogP contribution in [-0.4, -0.2) is 31.8 Å². The number of nitrogens with zero attached hydrogens (tertiary/aromatic N) is 4. The van der Waals surface area contributed by atoms with Gasteiger partial charge >= 0.3 is 0 Å². The van der Waals surface area contributed by atoms with Gasteiger partial charge in [0.05, 0.1) is 29.5 Å². The van der Waals surface area contributed by atoms with Crippen molar-refractivity contribution < 1.29 is 4.79 Å². The topological polar surface area (TPSA) is 64.7 Å². The first kappa shape index (κ1) is 18.2. The van der Waals surface area contributed by atoms with Crippen LogP contribution >= 0.6 is 11.6 Å². The van der Waals surface area contributed by atoms with Crippen molar-refractivity contribution in [3.63, 3.8) is 0 Å². The SMILES string of the molecule is CC(C)c1c(C(=O)NCCCn2ccnc2)cnn1-c1cccc(Cl)c1. The number of halogens is 1. The van der Waals surface area contributed by atoms with Crippen molar-refractivity contribution >= 4 is 17.5 Å². The molecule has 0 aliphatic carbocycles. The third-order valence-electron chi connectivity index (χ3n) is 4.09. The van der Waals surface area contributed by atoms with Crippen LogP contribution in [0.3, 0.4) is 0 Å². The molecule has 26 heavy (non-hydrogen) atoms.